The molecule has 1 atom stereocenters. The van der Waals surface area contributed by atoms with E-state index in [-0.39, 0.29) is 16.9 Å². The molecule has 0 aromatic carbocycles. The predicted octanol–water partition coefficient (Wildman–Crippen LogP) is 4.19. The molecular weight excluding hydrogens is 472 g/mol. The smallest absolute Gasteiger partial charge is 0.413 e. The first-order valence-electron chi connectivity index (χ1n) is 10.5. The zero-order valence-electron chi connectivity index (χ0n) is 19.1. The highest BCUT2D eigenvalue weighted by atomic mass is 35.5. The van der Waals surface area contributed by atoms with Gasteiger partial charge in [-0.15, -0.1) is 5.10 Å². The normalized spacial score (nSPS) is 11.5. The van der Waals surface area contributed by atoms with E-state index in [0.29, 0.717) is 28.2 Å². The van der Waals surface area contributed by atoms with Gasteiger partial charge in [-0.1, -0.05) is 22.9 Å². The maximum atomic E-state index is 12.5. The Morgan fingerprint density at radius 3 is 2.63 bits per heavy atom. The van der Waals surface area contributed by atoms with Gasteiger partial charge in [0.1, 0.15) is 11.3 Å². The number of nitrogens with one attached hydrogen (secondary N) is 2. The van der Waals surface area contributed by atoms with Crippen LogP contribution in [0.5, 0.6) is 0 Å². The molecule has 0 radical (unpaired) electrons. The van der Waals surface area contributed by atoms with E-state index < -0.39 is 12.2 Å². The maximum Gasteiger partial charge on any atom is 0.413 e. The third kappa shape index (κ3) is 5.41. The quantitative estimate of drug-likeness (QED) is 0.382. The van der Waals surface area contributed by atoms with Gasteiger partial charge in [-0.2, -0.15) is 0 Å². The van der Waals surface area contributed by atoms with Crippen molar-refractivity contribution >= 4 is 35.1 Å². The molecule has 178 valence electrons. The van der Waals surface area contributed by atoms with Crippen molar-refractivity contribution in [2.75, 3.05) is 10.6 Å². The number of halogens is 1. The molecule has 0 saturated carbocycles. The van der Waals surface area contributed by atoms with Crippen LogP contribution in [0.25, 0.3) is 11.4 Å². The lowest BCUT2D eigenvalue weighted by Gasteiger charge is -2.15. The Morgan fingerprint density at radius 1 is 1.09 bits per heavy atom. The molecule has 4 aromatic rings. The average Bonchev–Trinajstić information content (AvgIpc) is 3.19. The van der Waals surface area contributed by atoms with Crippen molar-refractivity contribution in [1.82, 2.24) is 29.9 Å². The maximum absolute atomic E-state index is 12.5. The number of hydrogen-bond acceptors (Lipinski definition) is 8. The summed E-state index contributed by atoms with van der Waals surface area (Å²) in [5, 5.41) is 13.8. The summed E-state index contributed by atoms with van der Waals surface area (Å²) in [4.78, 5) is 37.4. The summed E-state index contributed by atoms with van der Waals surface area (Å²) in [5.74, 6) is 0.0167. The number of carbonyl (C=O) groups excluding carboxylic acids is 2. The Labute approximate surface area is 205 Å². The number of rotatable bonds is 6. The minimum Gasteiger partial charge on any atom is -0.441 e. The van der Waals surface area contributed by atoms with Crippen molar-refractivity contribution in [3.05, 3.63) is 77.0 Å². The van der Waals surface area contributed by atoms with Gasteiger partial charge in [0, 0.05) is 36.8 Å². The van der Waals surface area contributed by atoms with Crippen molar-refractivity contribution < 1.29 is 14.3 Å². The number of aryl methyl sites for hydroxylation is 2. The van der Waals surface area contributed by atoms with Crippen LogP contribution in [0.15, 0.2) is 55.1 Å². The molecule has 35 heavy (non-hydrogen) atoms. The van der Waals surface area contributed by atoms with Gasteiger partial charge >= 0.3 is 6.09 Å². The minimum atomic E-state index is -0.722. The third-order valence-corrected chi connectivity index (χ3v) is 5.40. The van der Waals surface area contributed by atoms with Gasteiger partial charge in [0.2, 0.25) is 0 Å². The van der Waals surface area contributed by atoms with Crippen molar-refractivity contribution in [3.8, 4) is 11.4 Å². The number of nitrogens with zero attached hydrogens (tertiary/aromatic N) is 6. The Bertz CT molecular complexity index is 1370. The second-order valence-electron chi connectivity index (χ2n) is 7.54. The van der Waals surface area contributed by atoms with E-state index in [1.54, 1.807) is 62.9 Å². The second kappa shape index (κ2) is 10.3. The number of anilines is 2. The van der Waals surface area contributed by atoms with Crippen molar-refractivity contribution in [2.24, 2.45) is 7.05 Å². The highest BCUT2D eigenvalue weighted by Gasteiger charge is 2.20. The molecule has 0 aliphatic heterocycles. The number of ether oxygens (including phenoxy) is 1. The van der Waals surface area contributed by atoms with Crippen LogP contribution >= 0.6 is 11.6 Å². The molecule has 2 amide bonds. The number of hydrogen-bond donors (Lipinski definition) is 2. The van der Waals surface area contributed by atoms with Gasteiger partial charge in [-0.05, 0) is 43.7 Å². The zero-order valence-corrected chi connectivity index (χ0v) is 19.8. The molecule has 11 nitrogen and oxygen atoms in total. The van der Waals surface area contributed by atoms with Gasteiger partial charge in [0.15, 0.2) is 11.5 Å². The van der Waals surface area contributed by atoms with Gasteiger partial charge in [-0.3, -0.25) is 20.1 Å². The van der Waals surface area contributed by atoms with Crippen LogP contribution in [0.3, 0.4) is 0 Å². The van der Waals surface area contributed by atoms with Gasteiger partial charge in [0.25, 0.3) is 5.91 Å². The fourth-order valence-corrected chi connectivity index (χ4v) is 3.53. The molecule has 4 rings (SSSR count). The van der Waals surface area contributed by atoms with Crippen LogP contribution < -0.4 is 10.6 Å². The van der Waals surface area contributed by atoms with E-state index in [4.69, 9.17) is 16.3 Å². The lowest BCUT2D eigenvalue weighted by Crippen LogP contribution is -2.18. The molecule has 0 saturated heterocycles. The van der Waals surface area contributed by atoms with E-state index in [1.807, 2.05) is 6.92 Å². The Hall–Kier alpha value is -4.38. The molecule has 0 spiro atoms. The third-order valence-electron chi connectivity index (χ3n) is 5.09. The highest BCUT2D eigenvalue weighted by Crippen LogP contribution is 2.27. The fraction of sp³-hybridized carbons (Fsp3) is 0.174. The SMILES string of the molecule is Cc1cnccc1C(=O)Nc1ccc(-c2nnn(C)c2NC(=O)O[C@H](C)c2cccnc2Cl)nc1. The summed E-state index contributed by atoms with van der Waals surface area (Å²) in [6, 6.07) is 8.42. The first kappa shape index (κ1) is 23.8. The summed E-state index contributed by atoms with van der Waals surface area (Å²) in [7, 11) is 1.62. The molecule has 12 heteroatoms. The molecule has 0 bridgehead atoms. The summed E-state index contributed by atoms with van der Waals surface area (Å²) >= 11 is 6.08. The van der Waals surface area contributed by atoms with Crippen LogP contribution in [-0.4, -0.2) is 41.9 Å². The summed E-state index contributed by atoms with van der Waals surface area (Å²) in [6.45, 7) is 3.50. The largest absolute Gasteiger partial charge is 0.441 e. The predicted molar refractivity (Wildman–Crippen MR) is 129 cm³/mol. The Kier molecular flexibility index (Phi) is 6.97. The Morgan fingerprint density at radius 2 is 1.91 bits per heavy atom. The first-order chi connectivity index (χ1) is 16.8. The molecule has 2 N–H and O–H groups in total. The van der Waals surface area contributed by atoms with Crippen molar-refractivity contribution in [3.63, 3.8) is 0 Å². The van der Waals surface area contributed by atoms with Crippen molar-refractivity contribution in [2.45, 2.75) is 20.0 Å². The summed E-state index contributed by atoms with van der Waals surface area (Å²) in [5.41, 5.74) is 3.12. The van der Waals surface area contributed by atoms with E-state index in [1.165, 1.54) is 10.9 Å². The fourth-order valence-electron chi connectivity index (χ4n) is 3.26. The van der Waals surface area contributed by atoms with Crippen LogP contribution in [0.4, 0.5) is 16.3 Å². The molecular formula is C23H21ClN8O3. The number of pyridine rings is 3. The minimum absolute atomic E-state index is 0.256. The van der Waals surface area contributed by atoms with Crippen LogP contribution in [0, 0.1) is 6.92 Å². The lowest BCUT2D eigenvalue weighted by molar-refractivity contribution is 0.102. The van der Waals surface area contributed by atoms with Gasteiger partial charge < -0.3 is 10.1 Å². The second-order valence-corrected chi connectivity index (χ2v) is 7.90. The molecule has 0 aliphatic carbocycles. The highest BCUT2D eigenvalue weighted by molar-refractivity contribution is 6.30. The summed E-state index contributed by atoms with van der Waals surface area (Å²) in [6.07, 6.45) is 4.87. The van der Waals surface area contributed by atoms with Crippen molar-refractivity contribution in [1.29, 1.82) is 0 Å². The average molecular weight is 493 g/mol. The van der Waals surface area contributed by atoms with Crippen LogP contribution in [-0.2, 0) is 11.8 Å². The molecule has 4 heterocycles. The molecule has 0 fully saturated rings. The lowest BCUT2D eigenvalue weighted by atomic mass is 10.1. The topological polar surface area (TPSA) is 137 Å². The van der Waals surface area contributed by atoms with E-state index in [2.05, 4.69) is 35.9 Å². The Balaban J connectivity index is 1.46. The monoisotopic (exact) mass is 492 g/mol. The van der Waals surface area contributed by atoms with Gasteiger partial charge in [0.05, 0.1) is 17.6 Å². The summed E-state index contributed by atoms with van der Waals surface area (Å²) < 4.78 is 6.83. The zero-order chi connectivity index (χ0) is 24.9. The van der Waals surface area contributed by atoms with Gasteiger partial charge in [-0.25, -0.2) is 14.5 Å². The first-order valence-corrected chi connectivity index (χ1v) is 10.9. The van der Waals surface area contributed by atoms with E-state index in [9.17, 15) is 9.59 Å². The van der Waals surface area contributed by atoms with Crippen LogP contribution in [0.2, 0.25) is 5.15 Å². The van der Waals surface area contributed by atoms with E-state index in [0.717, 1.165) is 5.56 Å². The standard InChI is InChI=1S/C23H21ClN8O3/c1-13-11-25-10-8-16(13)22(33)28-15-6-7-18(27-12-15)19-21(32(3)31-30-19)29-23(34)35-14(2)17-5-4-9-26-20(17)24/h4-12,14H,1-3H3,(H,28,33)(H,29,34)/t14-/m1/s1. The number of aromatic nitrogens is 6. The molecule has 4 aromatic heterocycles. The molecule has 0 aliphatic rings. The van der Waals surface area contributed by atoms with Crippen LogP contribution in [0.1, 0.15) is 34.5 Å². The van der Waals surface area contributed by atoms with E-state index >= 15 is 0 Å². The molecule has 0 unspecified atom stereocenters. The number of carbonyl (C=O) groups is 2. The number of amides is 2.